The van der Waals surface area contributed by atoms with E-state index in [0.29, 0.717) is 6.10 Å². The van der Waals surface area contributed by atoms with Crippen LogP contribution in [-0.2, 0) is 11.3 Å². The van der Waals surface area contributed by atoms with Gasteiger partial charge in [-0.3, -0.25) is 0 Å². The van der Waals surface area contributed by atoms with Gasteiger partial charge in [-0.2, -0.15) is 0 Å². The molecule has 1 rings (SSSR count). The molecule has 3 heteroatoms. The van der Waals surface area contributed by atoms with E-state index in [2.05, 4.69) is 60.2 Å². The van der Waals surface area contributed by atoms with Crippen molar-refractivity contribution in [3.8, 4) is 0 Å². The molecule has 16 heavy (non-hydrogen) atoms. The molecule has 0 aliphatic rings. The standard InChI is InChI=1S/C13H20BrNO/c1-10(2)16-7-6-15-9-12-5-4-11(3)13(14)8-12/h4-5,8,10,15H,6-7,9H2,1-3H3. The molecule has 0 bridgehead atoms. The zero-order chi connectivity index (χ0) is 12.0. The van der Waals surface area contributed by atoms with Gasteiger partial charge >= 0.3 is 0 Å². The second kappa shape index (κ2) is 7.05. The van der Waals surface area contributed by atoms with Crippen LogP contribution in [0.25, 0.3) is 0 Å². The first-order chi connectivity index (χ1) is 7.59. The first-order valence-electron chi connectivity index (χ1n) is 5.67. The average Bonchev–Trinajstić information content (AvgIpc) is 2.22. The van der Waals surface area contributed by atoms with Crippen molar-refractivity contribution in [1.82, 2.24) is 5.32 Å². The minimum absolute atomic E-state index is 0.315. The number of hydrogen-bond donors (Lipinski definition) is 1. The van der Waals surface area contributed by atoms with Crippen LogP contribution in [0.5, 0.6) is 0 Å². The number of benzene rings is 1. The van der Waals surface area contributed by atoms with Crippen molar-refractivity contribution in [2.75, 3.05) is 13.2 Å². The lowest BCUT2D eigenvalue weighted by atomic mass is 10.1. The number of rotatable bonds is 6. The molecule has 0 saturated heterocycles. The first-order valence-corrected chi connectivity index (χ1v) is 6.46. The Morgan fingerprint density at radius 3 is 2.75 bits per heavy atom. The van der Waals surface area contributed by atoms with Gasteiger partial charge in [-0.1, -0.05) is 28.1 Å². The van der Waals surface area contributed by atoms with Gasteiger partial charge in [0.1, 0.15) is 0 Å². The molecule has 0 heterocycles. The van der Waals surface area contributed by atoms with E-state index in [1.54, 1.807) is 0 Å². The summed E-state index contributed by atoms with van der Waals surface area (Å²) in [6.07, 6.45) is 0.315. The van der Waals surface area contributed by atoms with Gasteiger partial charge in [0.25, 0.3) is 0 Å². The predicted molar refractivity (Wildman–Crippen MR) is 71.7 cm³/mol. The number of ether oxygens (including phenoxy) is 1. The summed E-state index contributed by atoms with van der Waals surface area (Å²) in [6, 6.07) is 6.44. The van der Waals surface area contributed by atoms with Gasteiger partial charge in [-0.15, -0.1) is 0 Å². The van der Waals surface area contributed by atoms with Crippen molar-refractivity contribution in [3.05, 3.63) is 33.8 Å². The van der Waals surface area contributed by atoms with Crippen molar-refractivity contribution < 1.29 is 4.74 Å². The molecule has 0 spiro atoms. The van der Waals surface area contributed by atoms with Crippen LogP contribution in [0.3, 0.4) is 0 Å². The Labute approximate surface area is 107 Å². The monoisotopic (exact) mass is 285 g/mol. The smallest absolute Gasteiger partial charge is 0.0594 e. The second-order valence-electron chi connectivity index (χ2n) is 4.18. The van der Waals surface area contributed by atoms with E-state index in [1.807, 2.05) is 0 Å². The Bertz CT molecular complexity index is 326. The molecule has 1 N–H and O–H groups in total. The Kier molecular flexibility index (Phi) is 6.03. The lowest BCUT2D eigenvalue weighted by Crippen LogP contribution is -2.20. The van der Waals surface area contributed by atoms with Crippen molar-refractivity contribution in [2.24, 2.45) is 0 Å². The Morgan fingerprint density at radius 2 is 2.12 bits per heavy atom. The van der Waals surface area contributed by atoms with E-state index >= 15 is 0 Å². The molecular formula is C13H20BrNO. The van der Waals surface area contributed by atoms with Crippen LogP contribution in [0.15, 0.2) is 22.7 Å². The van der Waals surface area contributed by atoms with E-state index in [9.17, 15) is 0 Å². The van der Waals surface area contributed by atoms with Crippen LogP contribution in [0.4, 0.5) is 0 Å². The fourth-order valence-electron chi connectivity index (χ4n) is 1.35. The molecule has 0 fully saturated rings. The van der Waals surface area contributed by atoms with Crippen molar-refractivity contribution in [2.45, 2.75) is 33.4 Å². The maximum atomic E-state index is 5.45. The van der Waals surface area contributed by atoms with E-state index in [0.717, 1.165) is 19.7 Å². The molecule has 0 aliphatic carbocycles. The first kappa shape index (κ1) is 13.7. The van der Waals surface area contributed by atoms with Crippen LogP contribution >= 0.6 is 15.9 Å². The summed E-state index contributed by atoms with van der Waals surface area (Å²) in [5, 5.41) is 3.36. The van der Waals surface area contributed by atoms with Crippen LogP contribution < -0.4 is 5.32 Å². The summed E-state index contributed by atoms with van der Waals surface area (Å²) in [7, 11) is 0. The fraction of sp³-hybridized carbons (Fsp3) is 0.538. The summed E-state index contributed by atoms with van der Waals surface area (Å²) < 4.78 is 6.62. The highest BCUT2D eigenvalue weighted by Crippen LogP contribution is 2.17. The molecule has 90 valence electrons. The lowest BCUT2D eigenvalue weighted by Gasteiger charge is -2.09. The molecule has 0 aromatic heterocycles. The van der Waals surface area contributed by atoms with Crippen molar-refractivity contribution in [3.63, 3.8) is 0 Å². The van der Waals surface area contributed by atoms with E-state index in [4.69, 9.17) is 4.74 Å². The topological polar surface area (TPSA) is 21.3 Å². The van der Waals surface area contributed by atoms with E-state index in [1.165, 1.54) is 15.6 Å². The third-order valence-electron chi connectivity index (χ3n) is 2.30. The summed E-state index contributed by atoms with van der Waals surface area (Å²) in [4.78, 5) is 0. The van der Waals surface area contributed by atoms with Gasteiger partial charge in [-0.05, 0) is 38.0 Å². The maximum absolute atomic E-state index is 5.45. The molecule has 0 unspecified atom stereocenters. The van der Waals surface area contributed by atoms with Gasteiger partial charge in [0.15, 0.2) is 0 Å². The largest absolute Gasteiger partial charge is 0.377 e. The zero-order valence-corrected chi connectivity index (χ0v) is 11.8. The van der Waals surface area contributed by atoms with Crippen LogP contribution in [0.2, 0.25) is 0 Å². The Balaban J connectivity index is 2.24. The summed E-state index contributed by atoms with van der Waals surface area (Å²) in [5.74, 6) is 0. The van der Waals surface area contributed by atoms with Crippen molar-refractivity contribution in [1.29, 1.82) is 0 Å². The van der Waals surface area contributed by atoms with Crippen LogP contribution in [0, 0.1) is 6.92 Å². The van der Waals surface area contributed by atoms with E-state index < -0.39 is 0 Å². The van der Waals surface area contributed by atoms with Gasteiger partial charge in [-0.25, -0.2) is 0 Å². The SMILES string of the molecule is Cc1ccc(CNCCOC(C)C)cc1Br. The predicted octanol–water partition coefficient (Wildman–Crippen LogP) is 3.27. The van der Waals surface area contributed by atoms with Crippen LogP contribution in [0.1, 0.15) is 25.0 Å². The minimum atomic E-state index is 0.315. The molecule has 2 nitrogen and oxygen atoms in total. The van der Waals surface area contributed by atoms with Crippen LogP contribution in [-0.4, -0.2) is 19.3 Å². The lowest BCUT2D eigenvalue weighted by molar-refractivity contribution is 0.0807. The summed E-state index contributed by atoms with van der Waals surface area (Å²) in [5.41, 5.74) is 2.56. The zero-order valence-electron chi connectivity index (χ0n) is 10.2. The molecule has 0 atom stereocenters. The third-order valence-corrected chi connectivity index (χ3v) is 3.15. The number of hydrogen-bond acceptors (Lipinski definition) is 2. The molecule has 0 amide bonds. The molecule has 1 aromatic carbocycles. The van der Waals surface area contributed by atoms with Gasteiger partial charge in [0, 0.05) is 17.6 Å². The van der Waals surface area contributed by atoms with Gasteiger partial charge in [0.05, 0.1) is 12.7 Å². The minimum Gasteiger partial charge on any atom is -0.377 e. The third kappa shape index (κ3) is 5.10. The normalized spacial score (nSPS) is 11.1. The molecule has 0 saturated carbocycles. The highest BCUT2D eigenvalue weighted by atomic mass is 79.9. The number of aryl methyl sites for hydroxylation is 1. The average molecular weight is 286 g/mol. The molecule has 1 aromatic rings. The number of nitrogens with one attached hydrogen (secondary N) is 1. The summed E-state index contributed by atoms with van der Waals surface area (Å²) >= 11 is 3.54. The molecular weight excluding hydrogens is 266 g/mol. The Hall–Kier alpha value is -0.380. The van der Waals surface area contributed by atoms with Gasteiger partial charge < -0.3 is 10.1 Å². The summed E-state index contributed by atoms with van der Waals surface area (Å²) in [6.45, 7) is 8.75. The van der Waals surface area contributed by atoms with E-state index in [-0.39, 0.29) is 0 Å². The highest BCUT2D eigenvalue weighted by Gasteiger charge is 1.97. The molecule has 0 aliphatic heterocycles. The van der Waals surface area contributed by atoms with Gasteiger partial charge in [0.2, 0.25) is 0 Å². The Morgan fingerprint density at radius 1 is 1.38 bits per heavy atom. The maximum Gasteiger partial charge on any atom is 0.0594 e. The fourth-order valence-corrected chi connectivity index (χ4v) is 1.77. The molecule has 0 radical (unpaired) electrons. The number of halogens is 1. The quantitative estimate of drug-likeness (QED) is 0.810. The van der Waals surface area contributed by atoms with Crippen molar-refractivity contribution >= 4 is 15.9 Å². The highest BCUT2D eigenvalue weighted by molar-refractivity contribution is 9.10. The second-order valence-corrected chi connectivity index (χ2v) is 5.03.